The summed E-state index contributed by atoms with van der Waals surface area (Å²) in [5.41, 5.74) is 14.7. The van der Waals surface area contributed by atoms with Gasteiger partial charge in [-0.1, -0.05) is 48.5 Å². The van der Waals surface area contributed by atoms with Gasteiger partial charge in [0.05, 0.1) is 12.1 Å². The molecule has 2 aromatic carbocycles. The molecule has 0 unspecified atom stereocenters. The molecule has 1 aromatic heterocycles. The van der Waals surface area contributed by atoms with Crippen molar-refractivity contribution in [1.82, 2.24) is 4.98 Å². The summed E-state index contributed by atoms with van der Waals surface area (Å²) in [6, 6.07) is 15.4. The number of H-pyrrole nitrogens is 1. The molecule has 5 heteroatoms. The van der Waals surface area contributed by atoms with E-state index in [0.29, 0.717) is 12.8 Å². The molecule has 0 saturated heterocycles. The third kappa shape index (κ3) is 3.84. The molecule has 0 aliphatic rings. The molecule has 0 fully saturated rings. The van der Waals surface area contributed by atoms with Gasteiger partial charge in [-0.05, 0) is 30.0 Å². The molecule has 0 aliphatic heterocycles. The van der Waals surface area contributed by atoms with Gasteiger partial charge >= 0.3 is 0 Å². The number of benzene rings is 2. The number of para-hydroxylation sites is 1. The highest BCUT2D eigenvalue weighted by Gasteiger charge is 2.27. The van der Waals surface area contributed by atoms with E-state index in [-0.39, 0.29) is 0 Å². The Labute approximate surface area is 146 Å². The van der Waals surface area contributed by atoms with Crippen molar-refractivity contribution < 1.29 is 9.59 Å². The van der Waals surface area contributed by atoms with Crippen molar-refractivity contribution in [1.29, 1.82) is 0 Å². The zero-order chi connectivity index (χ0) is 17.8. The summed E-state index contributed by atoms with van der Waals surface area (Å²) in [6.07, 6.45) is 2.45. The van der Waals surface area contributed by atoms with Crippen molar-refractivity contribution in [3.05, 3.63) is 71.9 Å². The zero-order valence-electron chi connectivity index (χ0n) is 13.8. The fraction of sp³-hybridized carbons (Fsp3) is 0.200. The highest BCUT2D eigenvalue weighted by Crippen LogP contribution is 2.19. The monoisotopic (exact) mass is 335 g/mol. The predicted molar refractivity (Wildman–Crippen MR) is 98.1 cm³/mol. The largest absolute Gasteiger partial charge is 0.361 e. The smallest absolute Gasteiger partial charge is 0.217 e. The predicted octanol–water partition coefficient (Wildman–Crippen LogP) is 1.75. The molecule has 128 valence electrons. The second kappa shape index (κ2) is 7.42. The maximum absolute atomic E-state index is 12.4. The minimum atomic E-state index is -0.895. The third-order valence-corrected chi connectivity index (χ3v) is 4.33. The van der Waals surface area contributed by atoms with Crippen molar-refractivity contribution in [3.8, 4) is 0 Å². The molecule has 0 spiro atoms. The van der Waals surface area contributed by atoms with Crippen molar-refractivity contribution in [2.45, 2.75) is 24.9 Å². The van der Waals surface area contributed by atoms with Gasteiger partial charge in [-0.3, -0.25) is 9.59 Å². The van der Waals surface area contributed by atoms with E-state index >= 15 is 0 Å². The summed E-state index contributed by atoms with van der Waals surface area (Å²) in [5, 5.41) is 1.01. The summed E-state index contributed by atoms with van der Waals surface area (Å²) < 4.78 is 0. The molecule has 25 heavy (non-hydrogen) atoms. The molecule has 1 heterocycles. The molecule has 5 N–H and O–H groups in total. The van der Waals surface area contributed by atoms with Crippen LogP contribution in [0.4, 0.5) is 0 Å². The Bertz CT molecular complexity index is 886. The van der Waals surface area contributed by atoms with Gasteiger partial charge in [-0.25, -0.2) is 0 Å². The van der Waals surface area contributed by atoms with Gasteiger partial charge < -0.3 is 16.5 Å². The second-order valence-electron chi connectivity index (χ2n) is 6.19. The van der Waals surface area contributed by atoms with Crippen LogP contribution in [0.25, 0.3) is 10.9 Å². The van der Waals surface area contributed by atoms with Crippen LogP contribution in [-0.2, 0) is 22.4 Å². The van der Waals surface area contributed by atoms with Gasteiger partial charge in [0.25, 0.3) is 0 Å². The van der Waals surface area contributed by atoms with Gasteiger partial charge in [0, 0.05) is 17.1 Å². The first-order valence-electron chi connectivity index (χ1n) is 8.24. The second-order valence-corrected chi connectivity index (χ2v) is 6.19. The molecule has 0 amide bonds. The SMILES string of the molecule is N[C@H](Cc1ccccc1)C(=O)C(=O)[C@@H](N)Cc1c[nH]c2ccccc12. The van der Waals surface area contributed by atoms with Gasteiger partial charge in [0.2, 0.25) is 11.6 Å². The average Bonchev–Trinajstić information content (AvgIpc) is 3.04. The number of fused-ring (bicyclic) bond motifs is 1. The van der Waals surface area contributed by atoms with Crippen molar-refractivity contribution in [2.75, 3.05) is 0 Å². The van der Waals surface area contributed by atoms with E-state index < -0.39 is 23.7 Å². The van der Waals surface area contributed by atoms with Gasteiger partial charge in [-0.2, -0.15) is 0 Å². The van der Waals surface area contributed by atoms with Crippen LogP contribution in [0.15, 0.2) is 60.8 Å². The topological polar surface area (TPSA) is 102 Å². The molecule has 2 atom stereocenters. The summed E-state index contributed by atoms with van der Waals surface area (Å²) in [5.74, 6) is -1.23. The number of aromatic amines is 1. The molecule has 0 bridgehead atoms. The van der Waals surface area contributed by atoms with E-state index in [9.17, 15) is 9.59 Å². The maximum Gasteiger partial charge on any atom is 0.217 e. The number of nitrogens with one attached hydrogen (secondary N) is 1. The average molecular weight is 335 g/mol. The van der Waals surface area contributed by atoms with Crippen LogP contribution >= 0.6 is 0 Å². The number of ketones is 2. The fourth-order valence-electron chi connectivity index (χ4n) is 2.96. The fourth-order valence-corrected chi connectivity index (χ4v) is 2.96. The van der Waals surface area contributed by atoms with Gasteiger partial charge in [0.1, 0.15) is 0 Å². The van der Waals surface area contributed by atoms with Crippen LogP contribution in [0, 0.1) is 0 Å². The lowest BCUT2D eigenvalue weighted by Crippen LogP contribution is -2.46. The molecule has 3 rings (SSSR count). The quantitative estimate of drug-likeness (QED) is 0.572. The van der Waals surface area contributed by atoms with Crippen LogP contribution in [0.3, 0.4) is 0 Å². The Morgan fingerprint density at radius 2 is 1.44 bits per heavy atom. The number of carbonyl (C=O) groups excluding carboxylic acids is 2. The standard InChI is InChI=1S/C20H21N3O2/c21-16(10-13-6-2-1-3-7-13)19(24)20(25)17(22)11-14-12-23-18-9-5-4-8-15(14)18/h1-9,12,16-17,23H,10-11,21-22H2/t16-,17+/m1/s1. The Balaban J connectivity index is 1.66. The molecular formula is C20H21N3O2. The first-order chi connectivity index (χ1) is 12.1. The minimum Gasteiger partial charge on any atom is -0.361 e. The summed E-state index contributed by atoms with van der Waals surface area (Å²) in [4.78, 5) is 27.8. The number of Topliss-reactive ketones (excluding diaryl/α,β-unsaturated/α-hetero) is 2. The number of carbonyl (C=O) groups is 2. The van der Waals surface area contributed by atoms with E-state index in [1.807, 2.05) is 60.8 Å². The Morgan fingerprint density at radius 1 is 0.840 bits per heavy atom. The van der Waals surface area contributed by atoms with Crippen LogP contribution in [0.1, 0.15) is 11.1 Å². The molecule has 0 radical (unpaired) electrons. The third-order valence-electron chi connectivity index (χ3n) is 4.33. The molecule has 0 aliphatic carbocycles. The van der Waals surface area contributed by atoms with E-state index in [1.54, 1.807) is 0 Å². The van der Waals surface area contributed by atoms with E-state index in [0.717, 1.165) is 22.0 Å². The zero-order valence-corrected chi connectivity index (χ0v) is 13.8. The first kappa shape index (κ1) is 17.1. The highest BCUT2D eigenvalue weighted by molar-refractivity contribution is 6.41. The molecule has 0 saturated carbocycles. The lowest BCUT2D eigenvalue weighted by atomic mass is 9.95. The summed E-state index contributed by atoms with van der Waals surface area (Å²) >= 11 is 0. The first-order valence-corrected chi connectivity index (χ1v) is 8.24. The summed E-state index contributed by atoms with van der Waals surface area (Å²) in [7, 11) is 0. The van der Waals surface area contributed by atoms with Crippen molar-refractivity contribution in [2.24, 2.45) is 11.5 Å². The Hall–Kier alpha value is -2.76. The molecule has 3 aromatic rings. The summed E-state index contributed by atoms with van der Waals surface area (Å²) in [6.45, 7) is 0. The lowest BCUT2D eigenvalue weighted by molar-refractivity contribution is -0.138. The lowest BCUT2D eigenvalue weighted by Gasteiger charge is -2.14. The van der Waals surface area contributed by atoms with E-state index in [2.05, 4.69) is 4.98 Å². The number of hydrogen-bond donors (Lipinski definition) is 3. The van der Waals surface area contributed by atoms with Crippen molar-refractivity contribution in [3.63, 3.8) is 0 Å². The molecular weight excluding hydrogens is 314 g/mol. The number of hydrogen-bond acceptors (Lipinski definition) is 4. The number of rotatable bonds is 7. The van der Waals surface area contributed by atoms with Crippen molar-refractivity contribution >= 4 is 22.5 Å². The molecule has 5 nitrogen and oxygen atoms in total. The van der Waals surface area contributed by atoms with Crippen LogP contribution < -0.4 is 11.5 Å². The van der Waals surface area contributed by atoms with Gasteiger partial charge in [0.15, 0.2) is 0 Å². The highest BCUT2D eigenvalue weighted by atomic mass is 16.2. The van der Waals surface area contributed by atoms with E-state index in [4.69, 9.17) is 11.5 Å². The van der Waals surface area contributed by atoms with E-state index in [1.165, 1.54) is 0 Å². The van der Waals surface area contributed by atoms with Crippen LogP contribution in [-0.4, -0.2) is 28.6 Å². The Kier molecular flexibility index (Phi) is 5.07. The minimum absolute atomic E-state index is 0.298. The number of aromatic nitrogens is 1. The van der Waals surface area contributed by atoms with Gasteiger partial charge in [-0.15, -0.1) is 0 Å². The Morgan fingerprint density at radius 3 is 2.16 bits per heavy atom. The normalized spacial score (nSPS) is 13.5. The number of nitrogens with two attached hydrogens (primary N) is 2. The van der Waals surface area contributed by atoms with Crippen LogP contribution in [0.2, 0.25) is 0 Å². The van der Waals surface area contributed by atoms with Crippen LogP contribution in [0.5, 0.6) is 0 Å². The maximum atomic E-state index is 12.4.